The van der Waals surface area contributed by atoms with Crippen LogP contribution in [-0.4, -0.2) is 34.3 Å². The second-order valence-corrected chi connectivity index (χ2v) is 5.83. The standard InChI is InChI=1S/C14H24N2O2/c1-4-11-12(17)16(10(2)3)14(13(18)15-11)8-6-5-7-9-14/h10-11H,4-9H2,1-3H3,(H,15,18). The topological polar surface area (TPSA) is 49.4 Å². The second kappa shape index (κ2) is 4.90. The number of rotatable bonds is 2. The van der Waals surface area contributed by atoms with Gasteiger partial charge >= 0.3 is 0 Å². The van der Waals surface area contributed by atoms with Crippen molar-refractivity contribution in [2.75, 3.05) is 0 Å². The van der Waals surface area contributed by atoms with Crippen molar-refractivity contribution in [2.45, 2.75) is 76.9 Å². The van der Waals surface area contributed by atoms with Gasteiger partial charge in [-0.3, -0.25) is 9.59 Å². The Morgan fingerprint density at radius 3 is 2.39 bits per heavy atom. The molecule has 2 rings (SSSR count). The highest BCUT2D eigenvalue weighted by atomic mass is 16.2. The van der Waals surface area contributed by atoms with Gasteiger partial charge in [-0.15, -0.1) is 0 Å². The molecule has 2 amide bonds. The average Bonchev–Trinajstić information content (AvgIpc) is 2.35. The first-order chi connectivity index (χ1) is 8.53. The maximum absolute atomic E-state index is 12.5. The van der Waals surface area contributed by atoms with E-state index in [1.165, 1.54) is 6.42 Å². The van der Waals surface area contributed by atoms with Crippen molar-refractivity contribution in [2.24, 2.45) is 0 Å². The lowest BCUT2D eigenvalue weighted by atomic mass is 9.76. The van der Waals surface area contributed by atoms with Gasteiger partial charge in [-0.1, -0.05) is 26.2 Å². The molecule has 1 heterocycles. The van der Waals surface area contributed by atoms with E-state index in [-0.39, 0.29) is 23.9 Å². The van der Waals surface area contributed by atoms with Crippen LogP contribution in [-0.2, 0) is 9.59 Å². The van der Waals surface area contributed by atoms with Crippen LogP contribution in [0.5, 0.6) is 0 Å². The van der Waals surface area contributed by atoms with Crippen LogP contribution in [0.1, 0.15) is 59.3 Å². The van der Waals surface area contributed by atoms with Crippen molar-refractivity contribution in [1.82, 2.24) is 10.2 Å². The maximum Gasteiger partial charge on any atom is 0.246 e. The molecular formula is C14H24N2O2. The van der Waals surface area contributed by atoms with Gasteiger partial charge < -0.3 is 10.2 Å². The lowest BCUT2D eigenvalue weighted by Crippen LogP contribution is -2.72. The number of nitrogens with one attached hydrogen (secondary N) is 1. The largest absolute Gasteiger partial charge is 0.342 e. The highest BCUT2D eigenvalue weighted by molar-refractivity contribution is 6.00. The molecule has 2 fully saturated rings. The van der Waals surface area contributed by atoms with Gasteiger partial charge in [-0.25, -0.2) is 0 Å². The summed E-state index contributed by atoms with van der Waals surface area (Å²) in [5.41, 5.74) is -0.560. The average molecular weight is 252 g/mol. The number of carbonyl (C=O) groups is 2. The van der Waals surface area contributed by atoms with Crippen molar-refractivity contribution in [3.8, 4) is 0 Å². The Morgan fingerprint density at radius 1 is 1.28 bits per heavy atom. The summed E-state index contributed by atoms with van der Waals surface area (Å²) in [6.07, 6.45) is 5.57. The minimum atomic E-state index is -0.560. The number of hydrogen-bond acceptors (Lipinski definition) is 2. The number of piperazine rings is 1. The summed E-state index contributed by atoms with van der Waals surface area (Å²) in [7, 11) is 0. The van der Waals surface area contributed by atoms with Crippen molar-refractivity contribution in [3.05, 3.63) is 0 Å². The van der Waals surface area contributed by atoms with Crippen LogP contribution in [0.4, 0.5) is 0 Å². The van der Waals surface area contributed by atoms with E-state index in [0.29, 0.717) is 6.42 Å². The molecule has 1 N–H and O–H groups in total. The van der Waals surface area contributed by atoms with E-state index in [0.717, 1.165) is 25.7 Å². The number of hydrogen-bond donors (Lipinski definition) is 1. The summed E-state index contributed by atoms with van der Waals surface area (Å²) in [6, 6.07) is -0.233. The first-order valence-corrected chi connectivity index (χ1v) is 7.17. The van der Waals surface area contributed by atoms with Gasteiger partial charge in [0.1, 0.15) is 11.6 Å². The third kappa shape index (κ3) is 1.91. The monoisotopic (exact) mass is 252 g/mol. The Labute approximate surface area is 109 Å². The third-order valence-electron chi connectivity index (χ3n) is 4.33. The Hall–Kier alpha value is -1.06. The molecule has 1 atom stereocenters. The first-order valence-electron chi connectivity index (χ1n) is 7.17. The second-order valence-electron chi connectivity index (χ2n) is 5.83. The molecule has 1 aliphatic carbocycles. The highest BCUT2D eigenvalue weighted by Crippen LogP contribution is 2.38. The molecule has 18 heavy (non-hydrogen) atoms. The minimum absolute atomic E-state index is 0.0716. The molecule has 1 unspecified atom stereocenters. The normalized spacial score (nSPS) is 27.8. The van der Waals surface area contributed by atoms with Gasteiger partial charge in [0.25, 0.3) is 0 Å². The number of nitrogens with zero attached hydrogens (tertiary/aromatic N) is 1. The van der Waals surface area contributed by atoms with Crippen molar-refractivity contribution >= 4 is 11.8 Å². The smallest absolute Gasteiger partial charge is 0.246 e. The fourth-order valence-corrected chi connectivity index (χ4v) is 3.47. The van der Waals surface area contributed by atoms with Crippen LogP contribution in [0.25, 0.3) is 0 Å². The van der Waals surface area contributed by atoms with Crippen LogP contribution < -0.4 is 5.32 Å². The predicted octanol–water partition coefficient (Wildman–Crippen LogP) is 1.83. The molecule has 1 saturated carbocycles. The molecule has 4 heteroatoms. The molecule has 1 aliphatic heterocycles. The van der Waals surface area contributed by atoms with Crippen molar-refractivity contribution in [1.29, 1.82) is 0 Å². The molecule has 2 aliphatic rings. The highest BCUT2D eigenvalue weighted by Gasteiger charge is 2.52. The summed E-state index contributed by atoms with van der Waals surface area (Å²) < 4.78 is 0. The summed E-state index contributed by atoms with van der Waals surface area (Å²) in [5.74, 6) is 0.177. The third-order valence-corrected chi connectivity index (χ3v) is 4.33. The zero-order chi connectivity index (χ0) is 13.3. The van der Waals surface area contributed by atoms with E-state index in [1.807, 2.05) is 25.7 Å². The SMILES string of the molecule is CCC1NC(=O)C2(CCCCC2)N(C(C)C)C1=O. The van der Waals surface area contributed by atoms with Crippen LogP contribution in [0.15, 0.2) is 0 Å². The molecule has 1 saturated heterocycles. The molecule has 0 bridgehead atoms. The molecule has 0 aromatic heterocycles. The van der Waals surface area contributed by atoms with Crippen LogP contribution >= 0.6 is 0 Å². The van der Waals surface area contributed by atoms with Crippen molar-refractivity contribution in [3.63, 3.8) is 0 Å². The van der Waals surface area contributed by atoms with E-state index >= 15 is 0 Å². The summed E-state index contributed by atoms with van der Waals surface area (Å²) in [5, 5.41) is 2.93. The minimum Gasteiger partial charge on any atom is -0.342 e. The lowest BCUT2D eigenvalue weighted by Gasteiger charge is -2.51. The van der Waals surface area contributed by atoms with Crippen LogP contribution in [0.3, 0.4) is 0 Å². The lowest BCUT2D eigenvalue weighted by molar-refractivity contribution is -0.163. The predicted molar refractivity (Wildman–Crippen MR) is 70.0 cm³/mol. The Morgan fingerprint density at radius 2 is 1.89 bits per heavy atom. The van der Waals surface area contributed by atoms with Gasteiger partial charge in [0.05, 0.1) is 0 Å². The Balaban J connectivity index is 2.36. The van der Waals surface area contributed by atoms with Gasteiger partial charge in [0, 0.05) is 6.04 Å². The maximum atomic E-state index is 12.5. The number of carbonyl (C=O) groups excluding carboxylic acids is 2. The molecular weight excluding hydrogens is 228 g/mol. The Bertz CT molecular complexity index is 346. The Kier molecular flexibility index (Phi) is 3.64. The van der Waals surface area contributed by atoms with Gasteiger partial charge in [0.15, 0.2) is 0 Å². The van der Waals surface area contributed by atoms with Gasteiger partial charge in [-0.2, -0.15) is 0 Å². The van der Waals surface area contributed by atoms with E-state index in [1.54, 1.807) is 0 Å². The molecule has 1 spiro atoms. The fraction of sp³-hybridized carbons (Fsp3) is 0.857. The van der Waals surface area contributed by atoms with Crippen LogP contribution in [0.2, 0.25) is 0 Å². The molecule has 4 nitrogen and oxygen atoms in total. The molecule has 102 valence electrons. The fourth-order valence-electron chi connectivity index (χ4n) is 3.47. The quantitative estimate of drug-likeness (QED) is 0.815. The van der Waals surface area contributed by atoms with E-state index < -0.39 is 5.54 Å². The summed E-state index contributed by atoms with van der Waals surface area (Å²) in [6.45, 7) is 5.97. The van der Waals surface area contributed by atoms with Gasteiger partial charge in [0.2, 0.25) is 11.8 Å². The van der Waals surface area contributed by atoms with Crippen molar-refractivity contribution < 1.29 is 9.59 Å². The zero-order valence-corrected chi connectivity index (χ0v) is 11.7. The first kappa shape index (κ1) is 13.4. The zero-order valence-electron chi connectivity index (χ0n) is 11.7. The number of amides is 2. The van der Waals surface area contributed by atoms with Crippen LogP contribution in [0, 0.1) is 0 Å². The summed E-state index contributed by atoms with van der Waals surface area (Å²) in [4.78, 5) is 26.9. The van der Waals surface area contributed by atoms with Gasteiger partial charge in [-0.05, 0) is 33.1 Å². The van der Waals surface area contributed by atoms with E-state index in [2.05, 4.69) is 5.32 Å². The summed E-state index contributed by atoms with van der Waals surface area (Å²) >= 11 is 0. The molecule has 0 aromatic rings. The van der Waals surface area contributed by atoms with E-state index in [4.69, 9.17) is 0 Å². The molecule has 0 aromatic carbocycles. The molecule has 0 radical (unpaired) electrons. The van der Waals surface area contributed by atoms with E-state index in [9.17, 15) is 9.59 Å².